The molecule has 1 aliphatic heterocycles. The summed E-state index contributed by atoms with van der Waals surface area (Å²) in [6, 6.07) is 18.2. The molecule has 0 radical (unpaired) electrons. The summed E-state index contributed by atoms with van der Waals surface area (Å²) in [6.07, 6.45) is -1.93. The summed E-state index contributed by atoms with van der Waals surface area (Å²) in [5.41, 5.74) is 2.56. The van der Waals surface area contributed by atoms with Crippen molar-refractivity contribution in [2.24, 2.45) is 0 Å². The van der Waals surface area contributed by atoms with Crippen molar-refractivity contribution in [2.75, 3.05) is 19.0 Å². The predicted octanol–water partition coefficient (Wildman–Crippen LogP) is 6.58. The van der Waals surface area contributed by atoms with Crippen LogP contribution in [0, 0.1) is 0 Å². The molecule has 1 amide bonds. The van der Waals surface area contributed by atoms with Gasteiger partial charge in [-0.15, -0.1) is 0 Å². The maximum absolute atomic E-state index is 13.1. The van der Waals surface area contributed by atoms with Crippen LogP contribution in [0.2, 0.25) is 0 Å². The molecule has 4 nitrogen and oxygen atoms in total. The van der Waals surface area contributed by atoms with Crippen LogP contribution in [-0.4, -0.2) is 19.6 Å². The van der Waals surface area contributed by atoms with E-state index in [2.05, 4.69) is 5.32 Å². The Hall–Kier alpha value is -3.74. The Bertz CT molecular complexity index is 1200. The predicted molar refractivity (Wildman–Crippen MR) is 121 cm³/mol. The molecule has 0 spiro atoms. The summed E-state index contributed by atoms with van der Waals surface area (Å²) in [5.74, 6) is 0.434. The smallest absolute Gasteiger partial charge is 0.416 e. The number of rotatable bonds is 4. The number of hydrogen-bond donors (Lipinski definition) is 1. The quantitative estimate of drug-likeness (QED) is 0.454. The van der Waals surface area contributed by atoms with Crippen molar-refractivity contribution in [1.29, 1.82) is 0 Å². The number of ether oxygens (including phenoxy) is 2. The third kappa shape index (κ3) is 5.03. The number of halogens is 3. The average molecular weight is 453 g/mol. The Labute approximate surface area is 189 Å². The number of para-hydroxylation sites is 2. The highest BCUT2D eigenvalue weighted by atomic mass is 19.4. The van der Waals surface area contributed by atoms with E-state index >= 15 is 0 Å². The molecular formula is C26H22F3NO3. The molecule has 3 aromatic carbocycles. The molecule has 0 saturated carbocycles. The number of fused-ring (bicyclic) bond motifs is 1. The van der Waals surface area contributed by atoms with Crippen LogP contribution >= 0.6 is 0 Å². The van der Waals surface area contributed by atoms with Gasteiger partial charge in [-0.3, -0.25) is 4.79 Å². The molecule has 7 heteroatoms. The molecule has 0 saturated heterocycles. The highest BCUT2D eigenvalue weighted by Gasteiger charge is 2.32. The van der Waals surface area contributed by atoms with E-state index in [4.69, 9.17) is 9.47 Å². The molecule has 0 unspecified atom stereocenters. The van der Waals surface area contributed by atoms with E-state index in [1.165, 1.54) is 12.1 Å². The van der Waals surface area contributed by atoms with Gasteiger partial charge < -0.3 is 14.8 Å². The lowest BCUT2D eigenvalue weighted by molar-refractivity contribution is -0.137. The van der Waals surface area contributed by atoms with Gasteiger partial charge in [0.05, 0.1) is 19.3 Å². The van der Waals surface area contributed by atoms with E-state index in [-0.39, 0.29) is 18.3 Å². The molecule has 0 atom stereocenters. The number of carbonyl (C=O) groups excluding carboxylic acids is 1. The molecule has 0 fully saturated rings. The minimum absolute atomic E-state index is 0.135. The second-order valence-electron chi connectivity index (χ2n) is 7.57. The zero-order chi connectivity index (χ0) is 23.4. The lowest BCUT2D eigenvalue weighted by Crippen LogP contribution is -2.10. The van der Waals surface area contributed by atoms with Crippen LogP contribution in [-0.2, 0) is 11.0 Å². The SMILES string of the molecule is COc1ccccc1-c1ccccc1NC(=O)/C=C1\CCCOc2cc(C(F)(F)F)ccc21. The van der Waals surface area contributed by atoms with Crippen molar-refractivity contribution in [2.45, 2.75) is 19.0 Å². The van der Waals surface area contributed by atoms with Crippen LogP contribution in [0.4, 0.5) is 18.9 Å². The van der Waals surface area contributed by atoms with Gasteiger partial charge in [0.25, 0.3) is 0 Å². The summed E-state index contributed by atoms with van der Waals surface area (Å²) >= 11 is 0. The summed E-state index contributed by atoms with van der Waals surface area (Å²) < 4.78 is 50.3. The number of benzene rings is 3. The third-order valence-corrected chi connectivity index (χ3v) is 5.39. The van der Waals surface area contributed by atoms with Crippen LogP contribution < -0.4 is 14.8 Å². The van der Waals surface area contributed by atoms with Gasteiger partial charge in [-0.2, -0.15) is 13.2 Å². The first-order chi connectivity index (χ1) is 15.9. The lowest BCUT2D eigenvalue weighted by atomic mass is 9.98. The molecule has 33 heavy (non-hydrogen) atoms. The number of methoxy groups -OCH3 is 1. The summed E-state index contributed by atoms with van der Waals surface area (Å²) in [5, 5.41) is 2.90. The fourth-order valence-corrected chi connectivity index (χ4v) is 3.83. The van der Waals surface area contributed by atoms with Gasteiger partial charge in [0, 0.05) is 28.5 Å². The highest BCUT2D eigenvalue weighted by molar-refractivity contribution is 6.06. The molecule has 1 aliphatic rings. The zero-order valence-electron chi connectivity index (χ0n) is 17.9. The summed E-state index contributed by atoms with van der Waals surface area (Å²) in [6.45, 7) is 0.282. The van der Waals surface area contributed by atoms with Crippen molar-refractivity contribution < 1.29 is 27.4 Å². The van der Waals surface area contributed by atoms with E-state index in [9.17, 15) is 18.0 Å². The summed E-state index contributed by atoms with van der Waals surface area (Å²) in [4.78, 5) is 12.9. The second kappa shape index (κ2) is 9.40. The molecular weight excluding hydrogens is 431 g/mol. The van der Waals surface area contributed by atoms with Crippen molar-refractivity contribution in [3.05, 3.63) is 83.9 Å². The average Bonchev–Trinajstić information content (AvgIpc) is 3.00. The van der Waals surface area contributed by atoms with E-state index in [0.717, 1.165) is 23.3 Å². The number of alkyl halides is 3. The zero-order valence-corrected chi connectivity index (χ0v) is 17.9. The molecule has 0 bridgehead atoms. The number of allylic oxidation sites excluding steroid dienone is 1. The number of hydrogen-bond acceptors (Lipinski definition) is 3. The first kappa shape index (κ1) is 22.5. The second-order valence-corrected chi connectivity index (χ2v) is 7.57. The van der Waals surface area contributed by atoms with Crippen molar-refractivity contribution in [3.63, 3.8) is 0 Å². The number of amides is 1. The van der Waals surface area contributed by atoms with Crippen LogP contribution in [0.3, 0.4) is 0 Å². The van der Waals surface area contributed by atoms with Gasteiger partial charge in [-0.1, -0.05) is 42.5 Å². The molecule has 1 heterocycles. The normalized spacial score (nSPS) is 14.7. The number of anilines is 1. The topological polar surface area (TPSA) is 47.6 Å². The third-order valence-electron chi connectivity index (χ3n) is 5.39. The minimum Gasteiger partial charge on any atom is -0.496 e. The molecule has 4 rings (SSSR count). The maximum atomic E-state index is 13.1. The first-order valence-corrected chi connectivity index (χ1v) is 10.4. The van der Waals surface area contributed by atoms with Crippen molar-refractivity contribution >= 4 is 17.2 Å². The van der Waals surface area contributed by atoms with Gasteiger partial charge in [0.2, 0.25) is 5.91 Å². The molecule has 3 aromatic rings. The monoisotopic (exact) mass is 453 g/mol. The van der Waals surface area contributed by atoms with Gasteiger partial charge in [0.1, 0.15) is 11.5 Å². The van der Waals surface area contributed by atoms with E-state index in [1.54, 1.807) is 13.2 Å². The standard InChI is InChI=1S/C26H22F3NO3/c1-32-23-11-5-3-9-21(23)20-8-2-4-10-22(20)30-25(31)15-17-7-6-14-33-24-16-18(26(27,28)29)12-13-19(17)24/h2-5,8-13,15-16H,6-7,14H2,1H3,(H,30,31)/b17-15+. The van der Waals surface area contributed by atoms with Crippen LogP contribution in [0.25, 0.3) is 16.7 Å². The largest absolute Gasteiger partial charge is 0.496 e. The fourth-order valence-electron chi connectivity index (χ4n) is 3.83. The minimum atomic E-state index is -4.46. The molecule has 0 aliphatic carbocycles. The lowest BCUT2D eigenvalue weighted by Gasteiger charge is -2.14. The van der Waals surface area contributed by atoms with Gasteiger partial charge in [-0.05, 0) is 42.7 Å². The van der Waals surface area contributed by atoms with E-state index in [0.29, 0.717) is 35.4 Å². The Kier molecular flexibility index (Phi) is 6.40. The number of carbonyl (C=O) groups is 1. The first-order valence-electron chi connectivity index (χ1n) is 10.4. The van der Waals surface area contributed by atoms with Gasteiger partial charge in [0.15, 0.2) is 0 Å². The van der Waals surface area contributed by atoms with Crippen molar-refractivity contribution in [1.82, 2.24) is 0 Å². The Balaban J connectivity index is 1.65. The molecule has 1 N–H and O–H groups in total. The Morgan fingerprint density at radius 3 is 2.48 bits per heavy atom. The number of nitrogens with one attached hydrogen (secondary N) is 1. The van der Waals surface area contributed by atoms with Gasteiger partial charge >= 0.3 is 6.18 Å². The maximum Gasteiger partial charge on any atom is 0.416 e. The van der Waals surface area contributed by atoms with Crippen LogP contribution in [0.15, 0.2) is 72.8 Å². The van der Waals surface area contributed by atoms with E-state index in [1.807, 2.05) is 42.5 Å². The molecule has 170 valence electrons. The van der Waals surface area contributed by atoms with E-state index < -0.39 is 11.7 Å². The van der Waals surface area contributed by atoms with Crippen LogP contribution in [0.1, 0.15) is 24.0 Å². The molecule has 0 aromatic heterocycles. The summed E-state index contributed by atoms with van der Waals surface area (Å²) in [7, 11) is 1.58. The Morgan fingerprint density at radius 2 is 1.73 bits per heavy atom. The van der Waals surface area contributed by atoms with Gasteiger partial charge in [-0.25, -0.2) is 0 Å². The van der Waals surface area contributed by atoms with Crippen LogP contribution in [0.5, 0.6) is 11.5 Å². The van der Waals surface area contributed by atoms with Crippen molar-refractivity contribution in [3.8, 4) is 22.6 Å². The fraction of sp³-hybridized carbons (Fsp3) is 0.192. The Morgan fingerprint density at radius 1 is 1.00 bits per heavy atom. The highest BCUT2D eigenvalue weighted by Crippen LogP contribution is 2.38.